The molecule has 0 aromatic carbocycles. The summed E-state index contributed by atoms with van der Waals surface area (Å²) in [5, 5.41) is 3.29. The second-order valence-corrected chi connectivity index (χ2v) is 5.02. The van der Waals surface area contributed by atoms with Gasteiger partial charge in [0, 0.05) is 19.1 Å². The fourth-order valence-electron chi connectivity index (χ4n) is 2.71. The maximum Gasteiger partial charge on any atom is 0.248 e. The van der Waals surface area contributed by atoms with Crippen LogP contribution in [-0.4, -0.2) is 62.9 Å². The summed E-state index contributed by atoms with van der Waals surface area (Å²) in [4.78, 5) is 13.8. The molecule has 2 fully saturated rings. The van der Waals surface area contributed by atoms with Crippen LogP contribution >= 0.6 is 0 Å². The highest BCUT2D eigenvalue weighted by atomic mass is 16.5. The fourth-order valence-corrected chi connectivity index (χ4v) is 2.71. The van der Waals surface area contributed by atoms with Crippen LogP contribution in [0.4, 0.5) is 0 Å². The summed E-state index contributed by atoms with van der Waals surface area (Å²) >= 11 is 0. The van der Waals surface area contributed by atoms with Gasteiger partial charge in [0.05, 0.1) is 19.3 Å². The molecular formula is C13H24N2O3. The van der Waals surface area contributed by atoms with Crippen molar-refractivity contribution in [1.82, 2.24) is 10.2 Å². The van der Waals surface area contributed by atoms with Gasteiger partial charge in [0.15, 0.2) is 0 Å². The first kappa shape index (κ1) is 13.8. The van der Waals surface area contributed by atoms with E-state index in [1.165, 1.54) is 12.8 Å². The van der Waals surface area contributed by atoms with Crippen LogP contribution in [0, 0.1) is 0 Å². The molecule has 0 spiro atoms. The lowest BCUT2D eigenvalue weighted by Crippen LogP contribution is -2.46. The molecule has 1 aliphatic heterocycles. The third-order valence-corrected chi connectivity index (χ3v) is 3.86. The smallest absolute Gasteiger partial charge is 0.248 e. The third kappa shape index (κ3) is 3.67. The van der Waals surface area contributed by atoms with Gasteiger partial charge in [0.1, 0.15) is 6.61 Å². The Balaban J connectivity index is 1.73. The van der Waals surface area contributed by atoms with Gasteiger partial charge in [-0.3, -0.25) is 4.79 Å². The third-order valence-electron chi connectivity index (χ3n) is 3.86. The lowest BCUT2D eigenvalue weighted by Gasteiger charge is -2.32. The topological polar surface area (TPSA) is 50.8 Å². The maximum atomic E-state index is 12.0. The van der Waals surface area contributed by atoms with Gasteiger partial charge in [-0.15, -0.1) is 0 Å². The number of hydrogen-bond donors (Lipinski definition) is 1. The minimum atomic E-state index is 0.0960. The summed E-state index contributed by atoms with van der Waals surface area (Å²) in [6, 6.07) is 0.399. The molecule has 5 heteroatoms. The van der Waals surface area contributed by atoms with Crippen molar-refractivity contribution in [3.63, 3.8) is 0 Å². The molecule has 2 aliphatic rings. The molecule has 5 nitrogen and oxygen atoms in total. The van der Waals surface area contributed by atoms with Crippen molar-refractivity contribution in [3.8, 4) is 0 Å². The van der Waals surface area contributed by atoms with E-state index in [1.54, 1.807) is 0 Å². The van der Waals surface area contributed by atoms with Crippen LogP contribution < -0.4 is 5.32 Å². The molecule has 0 aromatic heterocycles. The van der Waals surface area contributed by atoms with Gasteiger partial charge in [-0.25, -0.2) is 0 Å². The van der Waals surface area contributed by atoms with Crippen molar-refractivity contribution in [1.29, 1.82) is 0 Å². The fraction of sp³-hybridized carbons (Fsp3) is 0.923. The average Bonchev–Trinajstić information content (AvgIpc) is 2.46. The molecule has 0 aromatic rings. The van der Waals surface area contributed by atoms with E-state index in [2.05, 4.69) is 5.32 Å². The zero-order valence-corrected chi connectivity index (χ0v) is 11.2. The van der Waals surface area contributed by atoms with Crippen LogP contribution in [-0.2, 0) is 14.3 Å². The molecule has 104 valence electrons. The van der Waals surface area contributed by atoms with E-state index in [9.17, 15) is 4.79 Å². The van der Waals surface area contributed by atoms with Gasteiger partial charge in [0.2, 0.25) is 5.91 Å². The Morgan fingerprint density at radius 3 is 2.78 bits per heavy atom. The summed E-state index contributed by atoms with van der Waals surface area (Å²) in [6.07, 6.45) is 4.85. The molecule has 2 rings (SSSR count). The lowest BCUT2D eigenvalue weighted by atomic mass is 9.92. The number of amides is 1. The first-order valence-corrected chi connectivity index (χ1v) is 6.95. The second-order valence-electron chi connectivity index (χ2n) is 5.02. The number of nitrogens with one attached hydrogen (secondary N) is 1. The Labute approximate surface area is 109 Å². The normalized spacial score (nSPS) is 29.3. The summed E-state index contributed by atoms with van der Waals surface area (Å²) in [5.74, 6) is 0.0960. The second kappa shape index (κ2) is 7.07. The first-order valence-electron chi connectivity index (χ1n) is 6.95. The SMILES string of the molecule is CNC1CCCCC1OCC(=O)N1CCOCC1. The molecule has 1 amide bonds. The van der Waals surface area contributed by atoms with E-state index < -0.39 is 0 Å². The van der Waals surface area contributed by atoms with Crippen molar-refractivity contribution in [2.75, 3.05) is 40.0 Å². The highest BCUT2D eigenvalue weighted by Crippen LogP contribution is 2.21. The lowest BCUT2D eigenvalue weighted by molar-refractivity contribution is -0.143. The standard InChI is InChI=1S/C13H24N2O3/c1-14-11-4-2-3-5-12(11)18-10-13(16)15-6-8-17-9-7-15/h11-12,14H,2-10H2,1H3. The number of carbonyl (C=O) groups excluding carboxylic acids is 1. The molecule has 2 atom stereocenters. The number of morpholine rings is 1. The van der Waals surface area contributed by atoms with Crippen LogP contribution in [0.25, 0.3) is 0 Å². The Bertz CT molecular complexity index is 267. The summed E-state index contributed by atoms with van der Waals surface area (Å²) in [7, 11) is 1.97. The minimum Gasteiger partial charge on any atom is -0.378 e. The van der Waals surface area contributed by atoms with Gasteiger partial charge in [0.25, 0.3) is 0 Å². The minimum absolute atomic E-state index is 0.0960. The Morgan fingerprint density at radius 1 is 1.33 bits per heavy atom. The van der Waals surface area contributed by atoms with E-state index >= 15 is 0 Å². The maximum absolute atomic E-state index is 12.0. The highest BCUT2D eigenvalue weighted by Gasteiger charge is 2.26. The van der Waals surface area contributed by atoms with Crippen molar-refractivity contribution in [2.24, 2.45) is 0 Å². The average molecular weight is 256 g/mol. The van der Waals surface area contributed by atoms with Crippen LogP contribution in [0.1, 0.15) is 25.7 Å². The van der Waals surface area contributed by atoms with Gasteiger partial charge in [-0.2, -0.15) is 0 Å². The number of rotatable bonds is 4. The van der Waals surface area contributed by atoms with Gasteiger partial charge in [-0.05, 0) is 19.9 Å². The van der Waals surface area contributed by atoms with Crippen LogP contribution in [0.5, 0.6) is 0 Å². The summed E-state index contributed by atoms with van der Waals surface area (Å²) in [6.45, 7) is 2.90. The zero-order valence-electron chi connectivity index (χ0n) is 11.2. The first-order chi connectivity index (χ1) is 8.81. The molecule has 0 bridgehead atoms. The molecule has 18 heavy (non-hydrogen) atoms. The highest BCUT2D eigenvalue weighted by molar-refractivity contribution is 5.77. The van der Waals surface area contributed by atoms with Crippen LogP contribution in [0.2, 0.25) is 0 Å². The number of nitrogens with zero attached hydrogens (tertiary/aromatic N) is 1. The zero-order chi connectivity index (χ0) is 12.8. The molecule has 2 unspecified atom stereocenters. The van der Waals surface area contributed by atoms with Crippen LogP contribution in [0.15, 0.2) is 0 Å². The number of hydrogen-bond acceptors (Lipinski definition) is 4. The number of ether oxygens (including phenoxy) is 2. The number of carbonyl (C=O) groups is 1. The predicted octanol–water partition coefficient (Wildman–Crippen LogP) is 0.392. The van der Waals surface area contributed by atoms with Gasteiger partial charge in [-0.1, -0.05) is 12.8 Å². The molecular weight excluding hydrogens is 232 g/mol. The molecule has 1 aliphatic carbocycles. The Morgan fingerprint density at radius 2 is 2.06 bits per heavy atom. The summed E-state index contributed by atoms with van der Waals surface area (Å²) < 4.78 is 11.0. The van der Waals surface area contributed by atoms with E-state index in [-0.39, 0.29) is 18.6 Å². The van der Waals surface area contributed by atoms with Gasteiger partial charge < -0.3 is 19.7 Å². The molecule has 0 radical (unpaired) electrons. The van der Waals surface area contributed by atoms with Crippen molar-refractivity contribution >= 4 is 5.91 Å². The predicted molar refractivity (Wildman–Crippen MR) is 68.5 cm³/mol. The largest absolute Gasteiger partial charge is 0.378 e. The quantitative estimate of drug-likeness (QED) is 0.790. The van der Waals surface area contributed by atoms with Crippen LogP contribution in [0.3, 0.4) is 0 Å². The van der Waals surface area contributed by atoms with E-state index in [0.29, 0.717) is 32.3 Å². The van der Waals surface area contributed by atoms with E-state index in [4.69, 9.17) is 9.47 Å². The number of likely N-dealkylation sites (N-methyl/N-ethyl adjacent to an activating group) is 1. The molecule has 1 N–H and O–H groups in total. The molecule has 1 heterocycles. The van der Waals surface area contributed by atoms with E-state index in [0.717, 1.165) is 12.8 Å². The molecule has 1 saturated heterocycles. The molecule has 1 saturated carbocycles. The van der Waals surface area contributed by atoms with Crippen molar-refractivity contribution < 1.29 is 14.3 Å². The summed E-state index contributed by atoms with van der Waals surface area (Å²) in [5.41, 5.74) is 0. The Hall–Kier alpha value is -0.650. The van der Waals surface area contributed by atoms with Crippen molar-refractivity contribution in [2.45, 2.75) is 37.8 Å². The van der Waals surface area contributed by atoms with Gasteiger partial charge >= 0.3 is 0 Å². The van der Waals surface area contributed by atoms with Crippen molar-refractivity contribution in [3.05, 3.63) is 0 Å². The van der Waals surface area contributed by atoms with E-state index in [1.807, 2.05) is 11.9 Å². The Kier molecular flexibility index (Phi) is 5.41. The monoisotopic (exact) mass is 256 g/mol.